The number of aromatic nitrogens is 1. The zero-order valence-corrected chi connectivity index (χ0v) is 32.1. The molecule has 0 spiro atoms. The van der Waals surface area contributed by atoms with Gasteiger partial charge in [0.1, 0.15) is 18.2 Å². The van der Waals surface area contributed by atoms with Crippen LogP contribution in [-0.4, -0.2) is 16.7 Å². The molecule has 8 aromatic carbocycles. The predicted molar refractivity (Wildman–Crippen MR) is 243 cm³/mol. The Morgan fingerprint density at radius 3 is 1.63 bits per heavy atom. The van der Waals surface area contributed by atoms with Gasteiger partial charge in [0.15, 0.2) is 5.84 Å². The first kappa shape index (κ1) is 34.4. The highest BCUT2D eigenvalue weighted by Gasteiger charge is 2.35. The molecule has 0 fully saturated rings. The summed E-state index contributed by atoms with van der Waals surface area (Å²) in [6, 6.07) is 70.3. The molecule has 2 N–H and O–H groups in total. The molecule has 0 bridgehead atoms. The highest BCUT2D eigenvalue weighted by Crippen LogP contribution is 2.53. The Kier molecular flexibility index (Phi) is 8.51. The third kappa shape index (κ3) is 6.28. The Balaban J connectivity index is 0.894. The zero-order valence-electron chi connectivity index (χ0n) is 32.1. The van der Waals surface area contributed by atoms with Gasteiger partial charge in [-0.1, -0.05) is 176 Å². The van der Waals surface area contributed by atoms with E-state index in [-0.39, 0.29) is 12.3 Å². The number of fused-ring (bicyclic) bond motifs is 6. The van der Waals surface area contributed by atoms with Crippen LogP contribution < -0.4 is 15.5 Å². The molecule has 0 saturated heterocycles. The van der Waals surface area contributed by atoms with Crippen molar-refractivity contribution in [2.24, 2.45) is 9.98 Å². The summed E-state index contributed by atoms with van der Waals surface area (Å²) in [6.07, 6.45) is 1.47. The standard InChI is InChI=1S/C53H38N6/c1-4-13-35(14-5-1)36-22-28-40(29-23-36)51-56-50(39-15-6-2-7-16-39)57-52(58-51)41-30-24-37(25-31-41)38-26-32-42(33-27-38)53-55-48-45-20-11-10-19-44(45)47-46(21-12-34-54-47)49(48)59(53)43-17-8-3-9-18-43/h1-34,52-53,55H,(H,56,57,58). The van der Waals surface area contributed by atoms with Gasteiger partial charge in [-0.2, -0.15) is 0 Å². The first-order valence-corrected chi connectivity index (χ1v) is 20.0. The Morgan fingerprint density at radius 1 is 0.424 bits per heavy atom. The average Bonchev–Trinajstić information content (AvgIpc) is 3.74. The lowest BCUT2D eigenvalue weighted by Crippen LogP contribution is -2.33. The van der Waals surface area contributed by atoms with Crippen LogP contribution in [0.15, 0.2) is 216 Å². The quantitative estimate of drug-likeness (QED) is 0.159. The summed E-state index contributed by atoms with van der Waals surface area (Å²) in [6.45, 7) is 0. The average molecular weight is 759 g/mol. The summed E-state index contributed by atoms with van der Waals surface area (Å²) < 4.78 is 0. The Bertz CT molecular complexity index is 3020. The van der Waals surface area contributed by atoms with Crippen molar-refractivity contribution in [3.8, 4) is 22.3 Å². The number of para-hydroxylation sites is 1. The summed E-state index contributed by atoms with van der Waals surface area (Å²) in [7, 11) is 0. The van der Waals surface area contributed by atoms with Gasteiger partial charge in [-0.25, -0.2) is 9.98 Å². The van der Waals surface area contributed by atoms with Gasteiger partial charge >= 0.3 is 0 Å². The fourth-order valence-electron chi connectivity index (χ4n) is 8.46. The molecule has 3 heterocycles. The molecule has 6 nitrogen and oxygen atoms in total. The minimum atomic E-state index is -0.302. The van der Waals surface area contributed by atoms with Crippen LogP contribution in [0.1, 0.15) is 34.6 Å². The van der Waals surface area contributed by atoms with Crippen molar-refractivity contribution >= 4 is 50.4 Å². The van der Waals surface area contributed by atoms with Crippen LogP contribution in [-0.2, 0) is 0 Å². The van der Waals surface area contributed by atoms with E-state index in [2.05, 4.69) is 185 Å². The fourth-order valence-corrected chi connectivity index (χ4v) is 8.46. The SMILES string of the molecule is c1ccc(C2=NC(c3ccc(-c4ccc(C5Nc6c(c7cccnc7c7ccccc67)N5c5ccccc5)cc4)cc3)NC(c3ccc(-c4ccccc4)cc3)=N2)cc1. The molecule has 0 aliphatic carbocycles. The molecule has 59 heavy (non-hydrogen) atoms. The van der Waals surface area contributed by atoms with Crippen molar-refractivity contribution in [2.45, 2.75) is 12.3 Å². The maximum Gasteiger partial charge on any atom is 0.159 e. The molecule has 2 atom stereocenters. The highest BCUT2D eigenvalue weighted by molar-refractivity contribution is 6.21. The Morgan fingerprint density at radius 2 is 0.949 bits per heavy atom. The number of amidine groups is 2. The van der Waals surface area contributed by atoms with Crippen molar-refractivity contribution < 1.29 is 0 Å². The van der Waals surface area contributed by atoms with Gasteiger partial charge in [0, 0.05) is 39.2 Å². The third-order valence-corrected chi connectivity index (χ3v) is 11.4. The second-order valence-electron chi connectivity index (χ2n) is 14.9. The molecule has 11 rings (SSSR count). The van der Waals surface area contributed by atoms with Gasteiger partial charge in [0.2, 0.25) is 0 Å². The number of hydrogen-bond donors (Lipinski definition) is 2. The van der Waals surface area contributed by atoms with Crippen LogP contribution in [0.2, 0.25) is 0 Å². The molecule has 6 heteroatoms. The highest BCUT2D eigenvalue weighted by atomic mass is 15.3. The van der Waals surface area contributed by atoms with Crippen LogP contribution in [0.5, 0.6) is 0 Å². The molecule has 9 aromatic rings. The lowest BCUT2D eigenvalue weighted by molar-refractivity contribution is 0.674. The lowest BCUT2D eigenvalue weighted by atomic mass is 10.00. The van der Waals surface area contributed by atoms with Gasteiger partial charge < -0.3 is 15.5 Å². The number of hydrogen-bond acceptors (Lipinski definition) is 6. The van der Waals surface area contributed by atoms with Gasteiger partial charge in [-0.15, -0.1) is 0 Å². The zero-order chi connectivity index (χ0) is 39.1. The maximum atomic E-state index is 5.11. The summed E-state index contributed by atoms with van der Waals surface area (Å²) in [4.78, 5) is 17.4. The van der Waals surface area contributed by atoms with Crippen molar-refractivity contribution in [2.75, 3.05) is 10.2 Å². The number of aliphatic imine (C=N–C) groups is 2. The molecular formula is C53H38N6. The van der Waals surface area contributed by atoms with E-state index in [1.165, 1.54) is 22.1 Å². The van der Waals surface area contributed by atoms with Crippen molar-refractivity contribution in [1.82, 2.24) is 10.3 Å². The first-order valence-electron chi connectivity index (χ1n) is 20.0. The molecular weight excluding hydrogens is 721 g/mol. The Hall–Kier alpha value is -7.83. The van der Waals surface area contributed by atoms with Crippen LogP contribution >= 0.6 is 0 Å². The molecule has 2 aliphatic heterocycles. The fraction of sp³-hybridized carbons (Fsp3) is 0.0377. The topological polar surface area (TPSA) is 64.9 Å². The third-order valence-electron chi connectivity index (χ3n) is 11.4. The van der Waals surface area contributed by atoms with Crippen molar-refractivity contribution in [3.05, 3.63) is 229 Å². The normalized spacial score (nSPS) is 15.9. The van der Waals surface area contributed by atoms with Gasteiger partial charge in [0.05, 0.1) is 16.9 Å². The first-order chi connectivity index (χ1) is 29.2. The number of pyridine rings is 1. The molecule has 280 valence electrons. The monoisotopic (exact) mass is 758 g/mol. The van der Waals surface area contributed by atoms with Crippen molar-refractivity contribution in [3.63, 3.8) is 0 Å². The van der Waals surface area contributed by atoms with Gasteiger partial charge in [-0.3, -0.25) is 4.98 Å². The summed E-state index contributed by atoms with van der Waals surface area (Å²) in [5, 5.41) is 11.0. The second-order valence-corrected chi connectivity index (χ2v) is 14.9. The number of nitrogens with zero attached hydrogens (tertiary/aromatic N) is 4. The molecule has 1 aromatic heterocycles. The molecule has 2 unspecified atom stereocenters. The summed E-state index contributed by atoms with van der Waals surface area (Å²) >= 11 is 0. The van der Waals surface area contributed by atoms with E-state index in [4.69, 9.17) is 15.0 Å². The van der Waals surface area contributed by atoms with Crippen LogP contribution in [0.4, 0.5) is 17.1 Å². The minimum Gasteiger partial charge on any atom is -0.359 e. The van der Waals surface area contributed by atoms with Crippen LogP contribution in [0, 0.1) is 0 Å². The van der Waals surface area contributed by atoms with E-state index in [0.29, 0.717) is 5.84 Å². The van der Waals surface area contributed by atoms with E-state index in [0.717, 1.165) is 67.0 Å². The molecule has 0 radical (unpaired) electrons. The Labute approximate surface area is 342 Å². The van der Waals surface area contributed by atoms with E-state index in [1.807, 2.05) is 36.5 Å². The predicted octanol–water partition coefficient (Wildman–Crippen LogP) is 12.5. The molecule has 0 saturated carbocycles. The minimum absolute atomic E-state index is 0.113. The van der Waals surface area contributed by atoms with Crippen LogP contribution in [0.25, 0.3) is 43.9 Å². The summed E-state index contributed by atoms with van der Waals surface area (Å²) in [5.41, 5.74) is 13.3. The smallest absolute Gasteiger partial charge is 0.159 e. The number of benzene rings is 8. The molecule has 0 amide bonds. The maximum absolute atomic E-state index is 5.11. The second kappa shape index (κ2) is 14.6. The van der Waals surface area contributed by atoms with Crippen LogP contribution in [0.3, 0.4) is 0 Å². The number of anilines is 3. The number of rotatable bonds is 7. The van der Waals surface area contributed by atoms with E-state index in [1.54, 1.807) is 0 Å². The largest absolute Gasteiger partial charge is 0.359 e. The van der Waals surface area contributed by atoms with E-state index in [9.17, 15) is 0 Å². The lowest BCUT2D eigenvalue weighted by Gasteiger charge is -2.28. The van der Waals surface area contributed by atoms with E-state index < -0.39 is 0 Å². The molecule has 2 aliphatic rings. The van der Waals surface area contributed by atoms with Crippen molar-refractivity contribution in [1.29, 1.82) is 0 Å². The van der Waals surface area contributed by atoms with Gasteiger partial charge in [0.25, 0.3) is 0 Å². The summed E-state index contributed by atoms with van der Waals surface area (Å²) in [5.74, 6) is 1.51. The number of nitrogens with one attached hydrogen (secondary N) is 2. The van der Waals surface area contributed by atoms with E-state index >= 15 is 0 Å². The van der Waals surface area contributed by atoms with Gasteiger partial charge in [-0.05, 0) is 57.6 Å².